The fourth-order valence-corrected chi connectivity index (χ4v) is 1.71. The van der Waals surface area contributed by atoms with Crippen molar-refractivity contribution in [1.29, 1.82) is 0 Å². The first kappa shape index (κ1) is 11.9. The van der Waals surface area contributed by atoms with Crippen molar-refractivity contribution in [1.82, 2.24) is 4.98 Å². The second kappa shape index (κ2) is 4.75. The summed E-state index contributed by atoms with van der Waals surface area (Å²) in [7, 11) is 1.79. The minimum absolute atomic E-state index is 0.168. The number of nitrogens with two attached hydrogens (primary N) is 1. The van der Waals surface area contributed by atoms with Gasteiger partial charge < -0.3 is 15.7 Å². The average Bonchev–Trinajstić information content (AvgIpc) is 2.39. The quantitative estimate of drug-likeness (QED) is 0.807. The van der Waals surface area contributed by atoms with E-state index in [4.69, 9.17) is 5.73 Å². The standard InChI is InChI=1S/C13H13N3O2/c1-16(10-3-2-6-15-8-10)12-5-4-9(14)7-11(12)13(17)18/h2-8H,14H2,1H3,(H,17,18). The molecule has 2 rings (SSSR count). The van der Waals surface area contributed by atoms with Gasteiger partial charge in [-0.2, -0.15) is 0 Å². The third kappa shape index (κ3) is 2.24. The molecule has 0 spiro atoms. The summed E-state index contributed by atoms with van der Waals surface area (Å²) in [5.74, 6) is -1.01. The summed E-state index contributed by atoms with van der Waals surface area (Å²) in [6.45, 7) is 0. The molecule has 0 radical (unpaired) electrons. The van der Waals surface area contributed by atoms with E-state index in [1.54, 1.807) is 42.5 Å². The van der Waals surface area contributed by atoms with E-state index in [1.807, 2.05) is 6.07 Å². The number of aromatic nitrogens is 1. The highest BCUT2D eigenvalue weighted by Crippen LogP contribution is 2.27. The van der Waals surface area contributed by atoms with Crippen LogP contribution in [0.1, 0.15) is 10.4 Å². The van der Waals surface area contributed by atoms with Crippen LogP contribution in [0.3, 0.4) is 0 Å². The molecule has 0 aliphatic rings. The van der Waals surface area contributed by atoms with Gasteiger partial charge in [-0.1, -0.05) is 0 Å². The van der Waals surface area contributed by atoms with Crippen LogP contribution in [0.4, 0.5) is 17.1 Å². The van der Waals surface area contributed by atoms with Crippen LogP contribution >= 0.6 is 0 Å². The van der Waals surface area contributed by atoms with Crippen LogP contribution in [-0.2, 0) is 0 Å². The normalized spacial score (nSPS) is 10.1. The highest BCUT2D eigenvalue weighted by molar-refractivity contribution is 5.96. The number of nitrogen functional groups attached to an aromatic ring is 1. The highest BCUT2D eigenvalue weighted by atomic mass is 16.4. The lowest BCUT2D eigenvalue weighted by atomic mass is 10.1. The van der Waals surface area contributed by atoms with Gasteiger partial charge in [-0.15, -0.1) is 0 Å². The molecule has 2 aromatic rings. The average molecular weight is 243 g/mol. The summed E-state index contributed by atoms with van der Waals surface area (Å²) in [6.07, 6.45) is 3.33. The zero-order valence-electron chi connectivity index (χ0n) is 9.87. The predicted octanol–water partition coefficient (Wildman–Crippen LogP) is 2.13. The lowest BCUT2D eigenvalue weighted by molar-refractivity contribution is 0.0697. The Balaban J connectivity index is 2.48. The summed E-state index contributed by atoms with van der Waals surface area (Å²) >= 11 is 0. The molecule has 5 nitrogen and oxygen atoms in total. The van der Waals surface area contributed by atoms with Crippen molar-refractivity contribution in [3.8, 4) is 0 Å². The van der Waals surface area contributed by atoms with E-state index >= 15 is 0 Å². The summed E-state index contributed by atoms with van der Waals surface area (Å²) in [5.41, 5.74) is 7.59. The molecule has 3 N–H and O–H groups in total. The zero-order valence-corrected chi connectivity index (χ0v) is 9.87. The maximum atomic E-state index is 11.2. The summed E-state index contributed by atoms with van der Waals surface area (Å²) in [6, 6.07) is 8.46. The number of carboxylic acids is 1. The van der Waals surface area contributed by atoms with Crippen LogP contribution in [-0.4, -0.2) is 23.1 Å². The minimum atomic E-state index is -1.01. The lowest BCUT2D eigenvalue weighted by Gasteiger charge is -2.21. The topological polar surface area (TPSA) is 79.5 Å². The van der Waals surface area contributed by atoms with E-state index in [-0.39, 0.29) is 5.56 Å². The van der Waals surface area contributed by atoms with Crippen molar-refractivity contribution < 1.29 is 9.90 Å². The van der Waals surface area contributed by atoms with E-state index in [9.17, 15) is 9.90 Å². The molecule has 1 aromatic heterocycles. The van der Waals surface area contributed by atoms with Gasteiger partial charge in [-0.3, -0.25) is 4.98 Å². The highest BCUT2D eigenvalue weighted by Gasteiger charge is 2.14. The molecule has 0 aliphatic heterocycles. The van der Waals surface area contributed by atoms with E-state index in [0.29, 0.717) is 11.4 Å². The van der Waals surface area contributed by atoms with Gasteiger partial charge in [-0.25, -0.2) is 4.79 Å². The number of anilines is 3. The van der Waals surface area contributed by atoms with Crippen LogP contribution in [0, 0.1) is 0 Å². The molecule has 1 aromatic carbocycles. The Bertz CT molecular complexity index is 570. The number of benzene rings is 1. The van der Waals surface area contributed by atoms with Crippen LogP contribution in [0.15, 0.2) is 42.7 Å². The van der Waals surface area contributed by atoms with Gasteiger partial charge in [0, 0.05) is 18.9 Å². The SMILES string of the molecule is CN(c1cccnc1)c1ccc(N)cc1C(=O)O. The van der Waals surface area contributed by atoms with Gasteiger partial charge in [0.15, 0.2) is 0 Å². The van der Waals surface area contributed by atoms with Gasteiger partial charge in [0.1, 0.15) is 0 Å². The van der Waals surface area contributed by atoms with Gasteiger partial charge in [0.25, 0.3) is 0 Å². The molecule has 0 amide bonds. The molecule has 0 saturated heterocycles. The van der Waals surface area contributed by atoms with Crippen molar-refractivity contribution in [2.75, 3.05) is 17.7 Å². The Labute approximate surface area is 104 Å². The summed E-state index contributed by atoms with van der Waals surface area (Å²) in [5, 5.41) is 9.19. The molecule has 0 aliphatic carbocycles. The fourth-order valence-electron chi connectivity index (χ4n) is 1.71. The molecule has 18 heavy (non-hydrogen) atoms. The maximum absolute atomic E-state index is 11.2. The first-order valence-corrected chi connectivity index (χ1v) is 5.36. The molecule has 0 unspecified atom stereocenters. The summed E-state index contributed by atoms with van der Waals surface area (Å²) in [4.78, 5) is 17.0. The van der Waals surface area contributed by atoms with Crippen LogP contribution < -0.4 is 10.6 Å². The first-order chi connectivity index (χ1) is 8.59. The number of rotatable bonds is 3. The smallest absolute Gasteiger partial charge is 0.337 e. The predicted molar refractivity (Wildman–Crippen MR) is 70.1 cm³/mol. The van der Waals surface area contributed by atoms with Crippen molar-refractivity contribution in [3.05, 3.63) is 48.3 Å². The number of nitrogens with zero attached hydrogens (tertiary/aromatic N) is 2. The second-order valence-corrected chi connectivity index (χ2v) is 3.85. The van der Waals surface area contributed by atoms with E-state index < -0.39 is 5.97 Å². The van der Waals surface area contributed by atoms with E-state index in [2.05, 4.69) is 4.98 Å². The number of carboxylic acid groups (broad SMARTS) is 1. The number of carbonyl (C=O) groups is 1. The number of hydrogen-bond donors (Lipinski definition) is 2. The largest absolute Gasteiger partial charge is 0.478 e. The van der Waals surface area contributed by atoms with Gasteiger partial charge in [-0.05, 0) is 30.3 Å². The Kier molecular flexibility index (Phi) is 3.14. The van der Waals surface area contributed by atoms with Gasteiger partial charge in [0.2, 0.25) is 0 Å². The Morgan fingerprint density at radius 1 is 1.39 bits per heavy atom. The van der Waals surface area contributed by atoms with Gasteiger partial charge in [0.05, 0.1) is 23.1 Å². The number of hydrogen-bond acceptors (Lipinski definition) is 4. The molecule has 0 bridgehead atoms. The number of pyridine rings is 1. The molecule has 0 atom stereocenters. The van der Waals surface area contributed by atoms with Crippen molar-refractivity contribution in [3.63, 3.8) is 0 Å². The van der Waals surface area contributed by atoms with Crippen molar-refractivity contribution in [2.45, 2.75) is 0 Å². The molecule has 5 heteroatoms. The second-order valence-electron chi connectivity index (χ2n) is 3.85. The monoisotopic (exact) mass is 243 g/mol. The molecular formula is C13H13N3O2. The van der Waals surface area contributed by atoms with Gasteiger partial charge >= 0.3 is 5.97 Å². The summed E-state index contributed by atoms with van der Waals surface area (Å²) < 4.78 is 0. The Morgan fingerprint density at radius 3 is 2.78 bits per heavy atom. The Morgan fingerprint density at radius 2 is 2.17 bits per heavy atom. The lowest BCUT2D eigenvalue weighted by Crippen LogP contribution is -2.14. The molecule has 92 valence electrons. The maximum Gasteiger partial charge on any atom is 0.337 e. The minimum Gasteiger partial charge on any atom is -0.478 e. The van der Waals surface area contributed by atoms with E-state index in [0.717, 1.165) is 5.69 Å². The zero-order chi connectivity index (χ0) is 13.1. The fraction of sp³-hybridized carbons (Fsp3) is 0.0769. The molecule has 0 fully saturated rings. The molecule has 0 saturated carbocycles. The van der Waals surface area contributed by atoms with E-state index in [1.165, 1.54) is 6.07 Å². The molecular weight excluding hydrogens is 230 g/mol. The third-order valence-corrected chi connectivity index (χ3v) is 2.65. The first-order valence-electron chi connectivity index (χ1n) is 5.36. The van der Waals surface area contributed by atoms with Crippen LogP contribution in [0.25, 0.3) is 0 Å². The Hall–Kier alpha value is -2.56. The molecule has 1 heterocycles. The third-order valence-electron chi connectivity index (χ3n) is 2.65. The van der Waals surface area contributed by atoms with Crippen molar-refractivity contribution >= 4 is 23.0 Å². The van der Waals surface area contributed by atoms with Crippen LogP contribution in [0.2, 0.25) is 0 Å². The number of aromatic carboxylic acids is 1. The van der Waals surface area contributed by atoms with Crippen molar-refractivity contribution in [2.24, 2.45) is 0 Å². The van der Waals surface area contributed by atoms with Crippen LogP contribution in [0.5, 0.6) is 0 Å².